The Morgan fingerprint density at radius 3 is 2.60 bits per heavy atom. The average Bonchev–Trinajstić information content (AvgIpc) is 2.23. The molecule has 1 atom stereocenters. The second-order valence-corrected chi connectivity index (χ2v) is 3.99. The highest BCUT2D eigenvalue weighted by molar-refractivity contribution is 5.26. The van der Waals surface area contributed by atoms with Crippen LogP contribution >= 0.6 is 0 Å². The first kappa shape index (κ1) is 14.2. The van der Waals surface area contributed by atoms with E-state index in [1.807, 2.05) is 13.1 Å². The Labute approximate surface area is 95.0 Å². The minimum Gasteiger partial charge on any atom is -0.319 e. The molecule has 0 saturated carbocycles. The van der Waals surface area contributed by atoms with Crippen molar-refractivity contribution in [2.24, 2.45) is 5.92 Å². The predicted molar refractivity (Wildman–Crippen MR) is 70.0 cm³/mol. The molecule has 0 saturated heterocycles. The summed E-state index contributed by atoms with van der Waals surface area (Å²) in [6.45, 7) is 11.4. The van der Waals surface area contributed by atoms with Gasteiger partial charge in [0, 0.05) is 6.54 Å². The summed E-state index contributed by atoms with van der Waals surface area (Å²) < 4.78 is 0. The lowest BCUT2D eigenvalue weighted by molar-refractivity contribution is 0.612. The summed E-state index contributed by atoms with van der Waals surface area (Å²) in [5.74, 6) is 0.603. The van der Waals surface area contributed by atoms with Crippen LogP contribution in [0.2, 0.25) is 0 Å². The van der Waals surface area contributed by atoms with Gasteiger partial charge in [0.2, 0.25) is 0 Å². The summed E-state index contributed by atoms with van der Waals surface area (Å²) in [5, 5.41) is 3.22. The third-order valence-corrected chi connectivity index (χ3v) is 2.74. The monoisotopic (exact) mass is 207 g/mol. The number of hydrogen-bond donors (Lipinski definition) is 1. The van der Waals surface area contributed by atoms with E-state index in [4.69, 9.17) is 0 Å². The van der Waals surface area contributed by atoms with Gasteiger partial charge in [0.15, 0.2) is 0 Å². The Morgan fingerprint density at radius 1 is 1.47 bits per heavy atom. The molecule has 0 amide bonds. The average molecular weight is 207 g/mol. The van der Waals surface area contributed by atoms with Gasteiger partial charge >= 0.3 is 0 Å². The molecule has 1 heteroatoms. The van der Waals surface area contributed by atoms with Gasteiger partial charge in [-0.2, -0.15) is 0 Å². The predicted octanol–water partition coefficient (Wildman–Crippen LogP) is 3.70. The summed E-state index contributed by atoms with van der Waals surface area (Å²) >= 11 is 0. The van der Waals surface area contributed by atoms with Gasteiger partial charge < -0.3 is 5.32 Å². The Morgan fingerprint density at radius 2 is 2.13 bits per heavy atom. The molecule has 0 aromatic rings. The standard InChI is InChI=1S/C14H25N/c1-6-8-10-14(9-7-2)13(4)12(3)11-15-5/h6-7,9,12,15H,1,8,10-11H2,2-5H3/b9-7-,14-13-. The van der Waals surface area contributed by atoms with E-state index >= 15 is 0 Å². The minimum absolute atomic E-state index is 0.603. The summed E-state index contributed by atoms with van der Waals surface area (Å²) in [6, 6.07) is 0. The molecule has 0 rings (SSSR count). The first-order valence-corrected chi connectivity index (χ1v) is 5.75. The molecule has 0 aromatic carbocycles. The molecule has 1 nitrogen and oxygen atoms in total. The van der Waals surface area contributed by atoms with Gasteiger partial charge in [-0.25, -0.2) is 0 Å². The van der Waals surface area contributed by atoms with Crippen LogP contribution in [-0.4, -0.2) is 13.6 Å². The van der Waals surface area contributed by atoms with Crippen LogP contribution in [0.5, 0.6) is 0 Å². The van der Waals surface area contributed by atoms with Gasteiger partial charge in [-0.3, -0.25) is 0 Å². The Hall–Kier alpha value is -0.820. The van der Waals surface area contributed by atoms with Crippen LogP contribution in [0.1, 0.15) is 33.6 Å². The zero-order valence-electron chi connectivity index (χ0n) is 10.6. The third-order valence-electron chi connectivity index (χ3n) is 2.74. The number of hydrogen-bond acceptors (Lipinski definition) is 1. The SMILES string of the molecule is C=CCCC(/C=C\C)=C(/C)C(C)CNC. The van der Waals surface area contributed by atoms with Crippen LogP contribution in [-0.2, 0) is 0 Å². The van der Waals surface area contributed by atoms with Gasteiger partial charge in [0.25, 0.3) is 0 Å². The molecule has 0 spiro atoms. The van der Waals surface area contributed by atoms with Crippen molar-refractivity contribution < 1.29 is 0 Å². The molecule has 0 aromatic heterocycles. The Kier molecular flexibility index (Phi) is 8.02. The number of nitrogens with one attached hydrogen (secondary N) is 1. The Balaban J connectivity index is 4.64. The van der Waals surface area contributed by atoms with E-state index in [-0.39, 0.29) is 0 Å². The van der Waals surface area contributed by atoms with Crippen LogP contribution in [0.25, 0.3) is 0 Å². The highest BCUT2D eigenvalue weighted by Gasteiger charge is 2.06. The van der Waals surface area contributed by atoms with Crippen LogP contribution < -0.4 is 5.32 Å². The lowest BCUT2D eigenvalue weighted by atomic mass is 9.94. The third kappa shape index (κ3) is 5.58. The highest BCUT2D eigenvalue weighted by Crippen LogP contribution is 2.19. The maximum atomic E-state index is 3.77. The summed E-state index contributed by atoms with van der Waals surface area (Å²) in [6.07, 6.45) is 8.50. The zero-order valence-corrected chi connectivity index (χ0v) is 10.6. The van der Waals surface area contributed by atoms with Crippen LogP contribution in [0, 0.1) is 5.92 Å². The van der Waals surface area contributed by atoms with Gasteiger partial charge in [-0.15, -0.1) is 6.58 Å². The van der Waals surface area contributed by atoms with E-state index in [0.29, 0.717) is 5.92 Å². The van der Waals surface area contributed by atoms with Crippen molar-refractivity contribution in [3.8, 4) is 0 Å². The van der Waals surface area contributed by atoms with Crippen molar-refractivity contribution in [2.45, 2.75) is 33.6 Å². The number of rotatable bonds is 7. The van der Waals surface area contributed by atoms with Gasteiger partial charge in [0.05, 0.1) is 0 Å². The Bertz CT molecular complexity index is 236. The van der Waals surface area contributed by atoms with E-state index in [9.17, 15) is 0 Å². The van der Waals surface area contributed by atoms with E-state index in [2.05, 4.69) is 44.8 Å². The first-order valence-electron chi connectivity index (χ1n) is 5.75. The lowest BCUT2D eigenvalue weighted by Crippen LogP contribution is -2.17. The van der Waals surface area contributed by atoms with Gasteiger partial charge in [-0.1, -0.05) is 30.7 Å². The number of allylic oxidation sites excluding steroid dienone is 4. The summed E-state index contributed by atoms with van der Waals surface area (Å²) in [5.41, 5.74) is 2.95. The molecule has 0 aliphatic rings. The molecule has 0 radical (unpaired) electrons. The minimum atomic E-state index is 0.603. The normalized spacial score (nSPS) is 15.2. The fraction of sp³-hybridized carbons (Fsp3) is 0.571. The van der Waals surface area contributed by atoms with Crippen molar-refractivity contribution in [3.63, 3.8) is 0 Å². The molecule has 0 aliphatic carbocycles. The fourth-order valence-corrected chi connectivity index (χ4v) is 1.65. The fourth-order valence-electron chi connectivity index (χ4n) is 1.65. The van der Waals surface area contributed by atoms with Crippen LogP contribution in [0.3, 0.4) is 0 Å². The smallest absolute Gasteiger partial charge is 0.00113 e. The maximum Gasteiger partial charge on any atom is 0.00113 e. The van der Waals surface area contributed by atoms with Crippen molar-refractivity contribution in [3.05, 3.63) is 36.0 Å². The van der Waals surface area contributed by atoms with E-state index in [1.54, 1.807) is 0 Å². The molecule has 15 heavy (non-hydrogen) atoms. The van der Waals surface area contributed by atoms with Crippen LogP contribution in [0.4, 0.5) is 0 Å². The van der Waals surface area contributed by atoms with E-state index < -0.39 is 0 Å². The van der Waals surface area contributed by atoms with Crippen molar-refractivity contribution >= 4 is 0 Å². The van der Waals surface area contributed by atoms with Gasteiger partial charge in [0.1, 0.15) is 0 Å². The zero-order chi connectivity index (χ0) is 11.7. The van der Waals surface area contributed by atoms with Crippen LogP contribution in [0.15, 0.2) is 36.0 Å². The quantitative estimate of drug-likeness (QED) is 0.496. The molecule has 0 bridgehead atoms. The highest BCUT2D eigenvalue weighted by atomic mass is 14.8. The van der Waals surface area contributed by atoms with Crippen molar-refractivity contribution in [1.82, 2.24) is 5.32 Å². The molecular weight excluding hydrogens is 182 g/mol. The molecule has 0 heterocycles. The second-order valence-electron chi connectivity index (χ2n) is 3.99. The van der Waals surface area contributed by atoms with E-state index in [1.165, 1.54) is 11.1 Å². The lowest BCUT2D eigenvalue weighted by Gasteiger charge is -2.15. The maximum absolute atomic E-state index is 3.77. The molecule has 86 valence electrons. The summed E-state index contributed by atoms with van der Waals surface area (Å²) in [7, 11) is 2.00. The molecule has 1 unspecified atom stereocenters. The topological polar surface area (TPSA) is 12.0 Å². The van der Waals surface area contributed by atoms with Crippen molar-refractivity contribution in [2.75, 3.05) is 13.6 Å². The molecular formula is C14H25N. The molecule has 0 aliphatic heterocycles. The molecule has 0 fully saturated rings. The second kappa shape index (κ2) is 8.49. The molecule has 1 N–H and O–H groups in total. The van der Waals surface area contributed by atoms with Gasteiger partial charge in [-0.05, 0) is 45.2 Å². The first-order chi connectivity index (χ1) is 7.17. The summed E-state index contributed by atoms with van der Waals surface area (Å²) in [4.78, 5) is 0. The van der Waals surface area contributed by atoms with Crippen molar-refractivity contribution in [1.29, 1.82) is 0 Å². The van der Waals surface area contributed by atoms with E-state index in [0.717, 1.165) is 19.4 Å². The largest absolute Gasteiger partial charge is 0.319 e.